The maximum Gasteiger partial charge on any atom is 0.0716 e. The molecule has 0 heterocycles. The Labute approximate surface area is 91.3 Å². The van der Waals surface area contributed by atoms with Gasteiger partial charge in [0.2, 0.25) is 0 Å². The second-order valence-electron chi connectivity index (χ2n) is 3.16. The molecule has 0 radical (unpaired) electrons. The molecule has 1 unspecified atom stereocenters. The molecule has 0 bridgehead atoms. The zero-order chi connectivity index (χ0) is 12.5. The van der Waals surface area contributed by atoms with Crippen molar-refractivity contribution in [2.75, 3.05) is 6.61 Å². The van der Waals surface area contributed by atoms with E-state index in [0.29, 0.717) is 26.1 Å². The van der Waals surface area contributed by atoms with Gasteiger partial charge in [-0.2, -0.15) is 0 Å². The van der Waals surface area contributed by atoms with Crippen molar-refractivity contribution in [3.05, 3.63) is 35.9 Å². The van der Waals surface area contributed by atoms with Crippen LogP contribution in [0.1, 0.15) is 42.2 Å². The lowest BCUT2D eigenvalue weighted by atomic mass is 10.2. The summed E-state index contributed by atoms with van der Waals surface area (Å²) in [5.74, 6) is 0. The summed E-state index contributed by atoms with van der Waals surface area (Å²) < 4.78 is 27.6. The minimum Gasteiger partial charge on any atom is -0.377 e. The van der Waals surface area contributed by atoms with E-state index in [4.69, 9.17) is 8.85 Å². The molecule has 14 heavy (non-hydrogen) atoms. The lowest BCUT2D eigenvalue weighted by Crippen LogP contribution is -1.95. The fourth-order valence-corrected chi connectivity index (χ4v) is 1.15. The molecule has 1 aromatic carbocycles. The Hall–Kier alpha value is -0.820. The van der Waals surface area contributed by atoms with Crippen LogP contribution in [0.5, 0.6) is 0 Å². The highest BCUT2D eigenvalue weighted by Gasteiger charge is 1.91. The molecule has 0 spiro atoms. The Morgan fingerprint density at radius 1 is 1.29 bits per heavy atom. The van der Waals surface area contributed by atoms with Crippen LogP contribution in [0, 0.1) is 0 Å². The molecule has 0 saturated carbocycles. The molecular weight excluding hydrogens is 172 g/mol. The van der Waals surface area contributed by atoms with Gasteiger partial charge in [-0.1, -0.05) is 56.5 Å². The van der Waals surface area contributed by atoms with E-state index < -0.39 is 0 Å². The second-order valence-corrected chi connectivity index (χ2v) is 3.16. The molecule has 2 atom stereocenters. The van der Waals surface area contributed by atoms with E-state index >= 15 is 0 Å². The molecule has 1 nitrogen and oxygen atoms in total. The van der Waals surface area contributed by atoms with Gasteiger partial charge in [-0.15, -0.1) is 0 Å². The number of rotatable bonds is 7. The first kappa shape index (κ1) is 7.47. The van der Waals surface area contributed by atoms with Gasteiger partial charge in [0.15, 0.2) is 0 Å². The van der Waals surface area contributed by atoms with Crippen molar-refractivity contribution in [1.29, 1.82) is 0 Å². The molecule has 1 rings (SSSR count). The summed E-state index contributed by atoms with van der Waals surface area (Å²) in [5.41, 5.74) is 1.12. The van der Waals surface area contributed by atoms with Gasteiger partial charge in [0.05, 0.1) is 6.61 Å². The van der Waals surface area contributed by atoms with Gasteiger partial charge in [-0.05, 0) is 12.0 Å². The first-order chi connectivity index (χ1) is 8.22. The van der Waals surface area contributed by atoms with Crippen molar-refractivity contribution in [2.45, 2.75) is 39.1 Å². The number of ether oxygens (including phenoxy) is 1. The van der Waals surface area contributed by atoms with Crippen LogP contribution >= 0.6 is 0 Å². The third-order valence-corrected chi connectivity index (χ3v) is 1.92. The number of hydrogen-bond acceptors (Lipinski definition) is 1. The van der Waals surface area contributed by atoms with E-state index in [-0.39, 0.29) is 19.7 Å². The van der Waals surface area contributed by atoms with Crippen molar-refractivity contribution in [2.24, 2.45) is 0 Å². The van der Waals surface area contributed by atoms with Crippen molar-refractivity contribution in [3.63, 3.8) is 0 Å². The standard InChI is InChI=1S/C13H20O/c1-2-3-4-8-11-14-12-13-9-6-5-7-10-13/h5-7,9-10H,2-4,8,11-12H2,1H3/i1D,2D,8D/t2?,8-/m1/s1. The predicted molar refractivity (Wildman–Crippen MR) is 60.2 cm³/mol. The van der Waals surface area contributed by atoms with Crippen LogP contribution in [0.4, 0.5) is 0 Å². The zero-order valence-corrected chi connectivity index (χ0v) is 8.49. The second kappa shape index (κ2) is 7.57. The SMILES string of the molecule is [2H]CC([2H])CC[C@@H]([2H])COCc1ccccc1. The van der Waals surface area contributed by atoms with E-state index in [1.54, 1.807) is 0 Å². The van der Waals surface area contributed by atoms with Crippen molar-refractivity contribution in [3.8, 4) is 0 Å². The van der Waals surface area contributed by atoms with Crippen LogP contribution in [0.3, 0.4) is 0 Å². The van der Waals surface area contributed by atoms with Crippen LogP contribution in [-0.4, -0.2) is 6.61 Å². The van der Waals surface area contributed by atoms with Crippen LogP contribution < -0.4 is 0 Å². The van der Waals surface area contributed by atoms with Crippen LogP contribution in [0.15, 0.2) is 30.3 Å². The molecular formula is C13H20O. The highest BCUT2D eigenvalue weighted by Crippen LogP contribution is 2.03. The summed E-state index contributed by atoms with van der Waals surface area (Å²) >= 11 is 0. The van der Waals surface area contributed by atoms with Gasteiger partial charge in [-0.25, -0.2) is 0 Å². The smallest absolute Gasteiger partial charge is 0.0716 e. The summed E-state index contributed by atoms with van der Waals surface area (Å²) in [7, 11) is 0. The van der Waals surface area contributed by atoms with Crippen LogP contribution in [-0.2, 0) is 11.3 Å². The topological polar surface area (TPSA) is 9.23 Å². The van der Waals surface area contributed by atoms with Crippen molar-refractivity contribution < 1.29 is 8.85 Å². The van der Waals surface area contributed by atoms with Crippen molar-refractivity contribution in [1.82, 2.24) is 0 Å². The molecule has 1 aromatic rings. The third-order valence-electron chi connectivity index (χ3n) is 1.92. The normalized spacial score (nSPS) is 17.9. The Kier molecular flexibility index (Phi) is 4.04. The van der Waals surface area contributed by atoms with Gasteiger partial charge in [-0.3, -0.25) is 0 Å². The Bertz CT molecular complexity index is 292. The largest absolute Gasteiger partial charge is 0.377 e. The molecule has 0 aliphatic rings. The Morgan fingerprint density at radius 3 is 2.93 bits per heavy atom. The molecule has 0 saturated heterocycles. The van der Waals surface area contributed by atoms with Crippen LogP contribution in [0.25, 0.3) is 0 Å². The first-order valence-electron chi connectivity index (χ1n) is 6.84. The molecule has 78 valence electrons. The molecule has 0 aliphatic heterocycles. The maximum atomic E-state index is 7.74. The lowest BCUT2D eigenvalue weighted by molar-refractivity contribution is 0.117. The summed E-state index contributed by atoms with van der Waals surface area (Å²) in [6.45, 7) is 1.07. The molecule has 0 aliphatic carbocycles. The fourth-order valence-electron chi connectivity index (χ4n) is 1.15. The predicted octanol–water partition coefficient (Wildman–Crippen LogP) is 3.78. The monoisotopic (exact) mass is 195 g/mol. The summed E-state index contributed by atoms with van der Waals surface area (Å²) in [6.07, 6.45) is 0.629. The molecule has 1 heteroatoms. The Balaban J connectivity index is 2.10. The molecule has 0 N–H and O–H groups in total. The summed E-state index contributed by atoms with van der Waals surface area (Å²) in [6, 6.07) is 9.90. The first-order valence-corrected chi connectivity index (χ1v) is 4.97. The summed E-state index contributed by atoms with van der Waals surface area (Å²) in [5, 5.41) is 0. The molecule has 0 amide bonds. The zero-order valence-electron chi connectivity index (χ0n) is 11.5. The summed E-state index contributed by atoms with van der Waals surface area (Å²) in [4.78, 5) is 0. The minimum atomic E-state index is -0.350. The third kappa shape index (κ3) is 5.03. The Morgan fingerprint density at radius 2 is 2.14 bits per heavy atom. The highest BCUT2D eigenvalue weighted by atomic mass is 16.5. The van der Waals surface area contributed by atoms with Gasteiger partial charge in [0, 0.05) is 10.7 Å². The molecule has 0 fully saturated rings. The van der Waals surface area contributed by atoms with E-state index in [1.807, 2.05) is 30.3 Å². The quantitative estimate of drug-likeness (QED) is 0.643. The average Bonchev–Trinajstić information content (AvgIpc) is 2.37. The van der Waals surface area contributed by atoms with Gasteiger partial charge in [0.25, 0.3) is 0 Å². The van der Waals surface area contributed by atoms with E-state index in [2.05, 4.69) is 0 Å². The average molecular weight is 195 g/mol. The van der Waals surface area contributed by atoms with Gasteiger partial charge >= 0.3 is 0 Å². The molecule has 0 aromatic heterocycles. The van der Waals surface area contributed by atoms with E-state index in [9.17, 15) is 0 Å². The fraction of sp³-hybridized carbons (Fsp3) is 0.538. The van der Waals surface area contributed by atoms with Crippen LogP contribution in [0.2, 0.25) is 0 Å². The minimum absolute atomic E-state index is 0.123. The van der Waals surface area contributed by atoms with E-state index in [1.165, 1.54) is 0 Å². The maximum absolute atomic E-state index is 7.74. The van der Waals surface area contributed by atoms with Crippen molar-refractivity contribution >= 4 is 0 Å². The van der Waals surface area contributed by atoms with E-state index in [0.717, 1.165) is 5.56 Å². The number of hydrogen-bond donors (Lipinski definition) is 0. The van der Waals surface area contributed by atoms with Gasteiger partial charge in [0.1, 0.15) is 0 Å². The number of benzene rings is 1. The highest BCUT2D eigenvalue weighted by molar-refractivity contribution is 5.13. The lowest BCUT2D eigenvalue weighted by Gasteiger charge is -2.03. The van der Waals surface area contributed by atoms with Gasteiger partial charge < -0.3 is 4.74 Å².